The number of furan rings is 1. The number of ketones is 1. The zero-order chi connectivity index (χ0) is 11.9. The molecule has 0 aromatic carbocycles. The molecule has 5 nitrogen and oxygen atoms in total. The molecule has 16 heavy (non-hydrogen) atoms. The lowest BCUT2D eigenvalue weighted by Crippen LogP contribution is -2.32. The van der Waals surface area contributed by atoms with Crippen molar-refractivity contribution in [3.8, 4) is 0 Å². The highest BCUT2D eigenvalue weighted by Crippen LogP contribution is 2.37. The van der Waals surface area contributed by atoms with Crippen LogP contribution < -0.4 is 0 Å². The molecule has 1 unspecified atom stereocenters. The van der Waals surface area contributed by atoms with Gasteiger partial charge < -0.3 is 14.6 Å². The fraction of sp³-hybridized carbons (Fsp3) is 0.455. The van der Waals surface area contributed by atoms with E-state index in [1.165, 1.54) is 0 Å². The second-order valence-electron chi connectivity index (χ2n) is 4.50. The second-order valence-corrected chi connectivity index (χ2v) is 4.50. The summed E-state index contributed by atoms with van der Waals surface area (Å²) in [5.41, 5.74) is -0.462. The van der Waals surface area contributed by atoms with Gasteiger partial charge in [0.15, 0.2) is 5.78 Å². The van der Waals surface area contributed by atoms with Crippen LogP contribution in [0.1, 0.15) is 39.8 Å². The van der Waals surface area contributed by atoms with Gasteiger partial charge in [-0.2, -0.15) is 0 Å². The fourth-order valence-corrected chi connectivity index (χ4v) is 2.03. The van der Waals surface area contributed by atoms with Gasteiger partial charge in [0, 0.05) is 24.9 Å². The molecule has 0 spiro atoms. The summed E-state index contributed by atoms with van der Waals surface area (Å²) in [5, 5.41) is 18.1. The average molecular weight is 224 g/mol. The van der Waals surface area contributed by atoms with E-state index in [0.29, 0.717) is 12.2 Å². The number of carbonyl (C=O) groups excluding carboxylic acids is 1. The minimum absolute atomic E-state index is 0.0833. The number of carbonyl (C=O) groups is 2. The zero-order valence-electron chi connectivity index (χ0n) is 8.82. The van der Waals surface area contributed by atoms with Gasteiger partial charge in [0.25, 0.3) is 0 Å². The number of aliphatic hydroxyl groups excluding tert-OH is 1. The van der Waals surface area contributed by atoms with E-state index in [-0.39, 0.29) is 29.9 Å². The summed E-state index contributed by atoms with van der Waals surface area (Å²) >= 11 is 0. The molecule has 0 fully saturated rings. The Bertz CT molecular complexity index is 459. The van der Waals surface area contributed by atoms with Gasteiger partial charge in [-0.3, -0.25) is 4.79 Å². The number of aromatic carboxylic acids is 1. The lowest BCUT2D eigenvalue weighted by Gasteiger charge is -2.29. The van der Waals surface area contributed by atoms with Crippen molar-refractivity contribution in [2.24, 2.45) is 5.41 Å². The Hall–Kier alpha value is -1.62. The van der Waals surface area contributed by atoms with Crippen molar-refractivity contribution < 1.29 is 24.2 Å². The first-order chi connectivity index (χ1) is 7.47. The van der Waals surface area contributed by atoms with Gasteiger partial charge in [-0.05, 0) is 0 Å². The Morgan fingerprint density at radius 2 is 2.25 bits per heavy atom. The minimum atomic E-state index is -1.16. The van der Waals surface area contributed by atoms with Gasteiger partial charge in [0.05, 0.1) is 5.56 Å². The minimum Gasteiger partial charge on any atom is -0.478 e. The maximum Gasteiger partial charge on any atom is 0.339 e. The molecule has 0 saturated heterocycles. The second kappa shape index (κ2) is 3.45. The molecule has 1 aliphatic rings. The predicted octanol–water partition coefficient (Wildman–Crippen LogP) is 1.11. The van der Waals surface area contributed by atoms with Crippen molar-refractivity contribution in [1.82, 2.24) is 0 Å². The van der Waals surface area contributed by atoms with Crippen LogP contribution in [-0.2, 0) is 6.42 Å². The highest BCUT2D eigenvalue weighted by molar-refractivity contribution is 6.07. The number of carboxylic acid groups (broad SMARTS) is 1. The van der Waals surface area contributed by atoms with Crippen molar-refractivity contribution >= 4 is 11.8 Å². The molecule has 2 N–H and O–H groups in total. The Balaban J connectivity index is 2.48. The molecule has 1 aliphatic carbocycles. The highest BCUT2D eigenvalue weighted by atomic mass is 16.4. The summed E-state index contributed by atoms with van der Waals surface area (Å²) in [6.07, 6.45) is 1.63. The first-order valence-corrected chi connectivity index (χ1v) is 4.94. The van der Waals surface area contributed by atoms with Crippen LogP contribution in [0, 0.1) is 5.41 Å². The number of carboxylic acids is 1. The van der Waals surface area contributed by atoms with Gasteiger partial charge in [-0.1, -0.05) is 6.92 Å². The molecule has 1 atom stereocenters. The number of aliphatic hydroxyl groups is 1. The molecule has 0 saturated carbocycles. The van der Waals surface area contributed by atoms with Crippen LogP contribution in [0.25, 0.3) is 0 Å². The molecule has 1 heterocycles. The van der Waals surface area contributed by atoms with Crippen molar-refractivity contribution in [2.75, 3.05) is 6.61 Å². The summed E-state index contributed by atoms with van der Waals surface area (Å²) in [6, 6.07) is 0. The Morgan fingerprint density at radius 1 is 1.56 bits per heavy atom. The Labute approximate surface area is 91.7 Å². The van der Waals surface area contributed by atoms with Gasteiger partial charge in [0.1, 0.15) is 17.6 Å². The molecular weight excluding hydrogens is 212 g/mol. The normalized spacial score (nSPS) is 24.2. The maximum atomic E-state index is 11.8. The van der Waals surface area contributed by atoms with E-state index in [2.05, 4.69) is 0 Å². The molecule has 2 rings (SSSR count). The molecule has 1 aromatic heterocycles. The predicted molar refractivity (Wildman–Crippen MR) is 53.5 cm³/mol. The molecule has 1 aromatic rings. The fourth-order valence-electron chi connectivity index (χ4n) is 2.03. The third kappa shape index (κ3) is 1.53. The monoisotopic (exact) mass is 224 g/mol. The molecule has 0 aliphatic heterocycles. The van der Waals surface area contributed by atoms with Crippen LogP contribution in [0.4, 0.5) is 0 Å². The number of hydrogen-bond acceptors (Lipinski definition) is 4. The SMILES string of the molecule is CC1(CO)CC(=O)c2c(C(=O)O)coc2C1. The van der Waals surface area contributed by atoms with Crippen LogP contribution >= 0.6 is 0 Å². The van der Waals surface area contributed by atoms with E-state index in [9.17, 15) is 14.7 Å². The van der Waals surface area contributed by atoms with E-state index in [1.807, 2.05) is 0 Å². The van der Waals surface area contributed by atoms with Gasteiger partial charge in [-0.25, -0.2) is 4.79 Å². The molecular formula is C11H12O5. The third-order valence-corrected chi connectivity index (χ3v) is 2.93. The number of fused-ring (bicyclic) bond motifs is 1. The van der Waals surface area contributed by atoms with Crippen LogP contribution in [0.3, 0.4) is 0 Å². The van der Waals surface area contributed by atoms with Crippen LogP contribution in [0.2, 0.25) is 0 Å². The van der Waals surface area contributed by atoms with Gasteiger partial charge in [0.2, 0.25) is 0 Å². The van der Waals surface area contributed by atoms with Crippen molar-refractivity contribution in [1.29, 1.82) is 0 Å². The van der Waals surface area contributed by atoms with E-state index in [4.69, 9.17) is 9.52 Å². The van der Waals surface area contributed by atoms with E-state index < -0.39 is 11.4 Å². The number of rotatable bonds is 2. The number of hydrogen-bond donors (Lipinski definition) is 2. The van der Waals surface area contributed by atoms with Crippen molar-refractivity contribution in [3.05, 3.63) is 23.2 Å². The maximum absolute atomic E-state index is 11.8. The van der Waals surface area contributed by atoms with E-state index in [1.54, 1.807) is 6.92 Å². The van der Waals surface area contributed by atoms with Crippen molar-refractivity contribution in [3.63, 3.8) is 0 Å². The number of Topliss-reactive ketones (excluding diaryl/α,β-unsaturated/α-hetero) is 1. The van der Waals surface area contributed by atoms with Gasteiger partial charge in [-0.15, -0.1) is 0 Å². The quantitative estimate of drug-likeness (QED) is 0.785. The standard InChI is InChI=1S/C11H12O5/c1-11(5-12)2-7(13)9-6(10(14)15)4-16-8(9)3-11/h4,12H,2-3,5H2,1H3,(H,14,15). The molecule has 0 amide bonds. The van der Waals surface area contributed by atoms with Crippen LogP contribution in [-0.4, -0.2) is 28.6 Å². The van der Waals surface area contributed by atoms with Crippen LogP contribution in [0.15, 0.2) is 10.7 Å². The largest absolute Gasteiger partial charge is 0.478 e. The highest BCUT2D eigenvalue weighted by Gasteiger charge is 2.39. The summed E-state index contributed by atoms with van der Waals surface area (Å²) < 4.78 is 5.10. The summed E-state index contributed by atoms with van der Waals surface area (Å²) in [6.45, 7) is 1.65. The average Bonchev–Trinajstić information content (AvgIpc) is 2.61. The van der Waals surface area contributed by atoms with E-state index in [0.717, 1.165) is 6.26 Å². The lowest BCUT2D eigenvalue weighted by molar-refractivity contribution is 0.0681. The molecule has 0 bridgehead atoms. The smallest absolute Gasteiger partial charge is 0.339 e. The van der Waals surface area contributed by atoms with Crippen molar-refractivity contribution in [2.45, 2.75) is 19.8 Å². The summed E-state index contributed by atoms with van der Waals surface area (Å²) in [5.74, 6) is -1.07. The van der Waals surface area contributed by atoms with Gasteiger partial charge >= 0.3 is 5.97 Å². The zero-order valence-corrected chi connectivity index (χ0v) is 8.82. The Kier molecular flexibility index (Phi) is 2.35. The molecule has 86 valence electrons. The topological polar surface area (TPSA) is 87.7 Å². The molecule has 5 heteroatoms. The summed E-state index contributed by atoms with van der Waals surface area (Å²) in [7, 11) is 0. The first kappa shape index (κ1) is 10.9. The first-order valence-electron chi connectivity index (χ1n) is 4.94. The summed E-state index contributed by atoms with van der Waals surface area (Å²) in [4.78, 5) is 22.7. The molecule has 0 radical (unpaired) electrons. The van der Waals surface area contributed by atoms with Crippen LogP contribution in [0.5, 0.6) is 0 Å². The van der Waals surface area contributed by atoms with E-state index >= 15 is 0 Å². The third-order valence-electron chi connectivity index (χ3n) is 2.93. The Morgan fingerprint density at radius 3 is 2.81 bits per heavy atom. The lowest BCUT2D eigenvalue weighted by atomic mass is 9.75.